The van der Waals surface area contributed by atoms with Crippen LogP contribution in [0, 0.1) is 38.5 Å². The van der Waals surface area contributed by atoms with Crippen LogP contribution < -0.4 is 10.3 Å². The first-order valence-corrected chi connectivity index (χ1v) is 16.0. The molecule has 45 heavy (non-hydrogen) atoms. The summed E-state index contributed by atoms with van der Waals surface area (Å²) in [5, 5.41) is 24.2. The zero-order valence-electron chi connectivity index (χ0n) is 25.6. The molecule has 1 aliphatic heterocycles. The number of aryl methyl sites for hydroxylation is 2. The second kappa shape index (κ2) is 13.8. The van der Waals surface area contributed by atoms with Gasteiger partial charge >= 0.3 is 0 Å². The fourth-order valence-corrected chi connectivity index (χ4v) is 7.15. The van der Waals surface area contributed by atoms with E-state index in [0.717, 1.165) is 6.42 Å². The summed E-state index contributed by atoms with van der Waals surface area (Å²) in [6, 6.07) is 4.41. The van der Waals surface area contributed by atoms with E-state index < -0.39 is 44.4 Å². The molecule has 3 heterocycles. The molecule has 2 aromatic heterocycles. The summed E-state index contributed by atoms with van der Waals surface area (Å²) in [5.74, 6) is 1.02. The number of aromatic nitrogens is 4. The van der Waals surface area contributed by atoms with Crippen molar-refractivity contribution in [2.75, 3.05) is 32.9 Å². The fourth-order valence-electron chi connectivity index (χ4n) is 5.66. The van der Waals surface area contributed by atoms with Crippen LogP contribution in [0.5, 0.6) is 5.75 Å². The lowest BCUT2D eigenvalue weighted by Gasteiger charge is -2.36. The molecule has 1 saturated heterocycles. The second-order valence-electron chi connectivity index (χ2n) is 11.4. The summed E-state index contributed by atoms with van der Waals surface area (Å²) in [6.45, 7) is 6.91. The van der Waals surface area contributed by atoms with Gasteiger partial charge in [-0.3, -0.25) is 4.79 Å². The minimum atomic E-state index is -3.99. The Kier molecular flexibility index (Phi) is 10.3. The highest BCUT2D eigenvalue weighted by molar-refractivity contribution is 7.89. The average molecular weight is 652 g/mol. The minimum Gasteiger partial charge on any atom is -0.493 e. The van der Waals surface area contributed by atoms with E-state index in [1.807, 2.05) is 6.92 Å². The molecule has 1 aliphatic rings. The van der Waals surface area contributed by atoms with E-state index in [0.29, 0.717) is 60.6 Å². The molecular weight excluding hydrogens is 614 g/mol. The standard InChI is InChI=1S/C27H37N7O10S/c1-5-7-23-28-18(3)24-26(35)29-25(30-32(23)24)21-14-20(8-9-22(21)42-6-2)45(40,41)31-12-10-19(11-13-31)15-27(4,16-43-33(36)37)17-44-34(38)39/h8-9,14,19H,5-7,10-13,15-17H2,1-4H3,(H,29,30,35). The van der Waals surface area contributed by atoms with Gasteiger partial charge in [0.25, 0.3) is 15.7 Å². The zero-order valence-corrected chi connectivity index (χ0v) is 26.4. The third kappa shape index (κ3) is 7.67. The van der Waals surface area contributed by atoms with Crippen molar-refractivity contribution in [2.45, 2.75) is 64.7 Å². The van der Waals surface area contributed by atoms with Crippen LogP contribution in [0.25, 0.3) is 16.9 Å². The molecule has 0 amide bonds. The van der Waals surface area contributed by atoms with Gasteiger partial charge in [0.2, 0.25) is 10.0 Å². The Morgan fingerprint density at radius 2 is 1.76 bits per heavy atom. The quantitative estimate of drug-likeness (QED) is 0.185. The number of nitrogens with one attached hydrogen (secondary N) is 1. The molecular formula is C27H37N7O10S. The molecule has 4 rings (SSSR count). The number of hydrogen-bond acceptors (Lipinski definition) is 12. The molecule has 3 aromatic rings. The summed E-state index contributed by atoms with van der Waals surface area (Å²) < 4.78 is 36.2. The van der Waals surface area contributed by atoms with Crippen LogP contribution in [0.3, 0.4) is 0 Å². The molecule has 0 bridgehead atoms. The number of sulfonamides is 1. The summed E-state index contributed by atoms with van der Waals surface area (Å²) >= 11 is 0. The van der Waals surface area contributed by atoms with E-state index in [9.17, 15) is 33.4 Å². The van der Waals surface area contributed by atoms with Crippen LogP contribution in [0.2, 0.25) is 0 Å². The summed E-state index contributed by atoms with van der Waals surface area (Å²) in [4.78, 5) is 50.9. The Bertz CT molecular complexity index is 1700. The zero-order chi connectivity index (χ0) is 32.9. The molecule has 0 spiro atoms. The highest BCUT2D eigenvalue weighted by atomic mass is 32.2. The number of H-pyrrole nitrogens is 1. The van der Waals surface area contributed by atoms with E-state index in [2.05, 4.69) is 24.7 Å². The molecule has 246 valence electrons. The molecule has 1 aromatic carbocycles. The SMILES string of the molecule is CCCc1nc(C)c2c(=O)[nH]c(-c3cc(S(=O)(=O)N4CCC(CC(C)(CO[N+](=O)[O-])CO[N+](=O)[O-])CC4)ccc3OCC)nn12. The number of aromatic amines is 1. The molecule has 0 atom stereocenters. The lowest BCUT2D eigenvalue weighted by molar-refractivity contribution is -0.771. The first-order chi connectivity index (χ1) is 21.3. The van der Waals surface area contributed by atoms with Gasteiger partial charge < -0.3 is 19.4 Å². The molecule has 0 radical (unpaired) electrons. The van der Waals surface area contributed by atoms with Crippen molar-refractivity contribution >= 4 is 15.5 Å². The van der Waals surface area contributed by atoms with Gasteiger partial charge in [-0.15, -0.1) is 25.3 Å². The Balaban J connectivity index is 1.59. The molecule has 0 saturated carbocycles. The van der Waals surface area contributed by atoms with Crippen molar-refractivity contribution in [3.63, 3.8) is 0 Å². The maximum Gasteiger partial charge on any atom is 0.294 e. The Labute approximate surface area is 258 Å². The first kappa shape index (κ1) is 33.6. The second-order valence-corrected chi connectivity index (χ2v) is 13.3. The number of benzene rings is 1. The number of imidazole rings is 1. The van der Waals surface area contributed by atoms with Crippen molar-refractivity contribution in [1.29, 1.82) is 0 Å². The van der Waals surface area contributed by atoms with E-state index in [4.69, 9.17) is 4.74 Å². The van der Waals surface area contributed by atoms with Gasteiger partial charge in [-0.25, -0.2) is 17.9 Å². The average Bonchev–Trinajstić information content (AvgIpc) is 3.31. The maximum absolute atomic E-state index is 13.8. The van der Waals surface area contributed by atoms with E-state index >= 15 is 0 Å². The van der Waals surface area contributed by atoms with Crippen LogP contribution in [0.15, 0.2) is 27.9 Å². The van der Waals surface area contributed by atoms with Crippen LogP contribution in [0.4, 0.5) is 0 Å². The Morgan fingerprint density at radius 3 is 2.33 bits per heavy atom. The van der Waals surface area contributed by atoms with Gasteiger partial charge in [0.1, 0.15) is 24.8 Å². The predicted molar refractivity (Wildman–Crippen MR) is 159 cm³/mol. The number of hydrogen-bond donors (Lipinski definition) is 1. The number of fused-ring (bicyclic) bond motifs is 1. The van der Waals surface area contributed by atoms with Crippen molar-refractivity contribution in [3.05, 3.63) is 60.3 Å². The number of rotatable bonds is 15. The van der Waals surface area contributed by atoms with Gasteiger partial charge in [-0.1, -0.05) is 13.8 Å². The molecule has 0 unspecified atom stereocenters. The van der Waals surface area contributed by atoms with Crippen LogP contribution in [-0.4, -0.2) is 75.4 Å². The predicted octanol–water partition coefficient (Wildman–Crippen LogP) is 2.96. The van der Waals surface area contributed by atoms with Gasteiger partial charge in [0, 0.05) is 24.9 Å². The molecule has 17 nitrogen and oxygen atoms in total. The smallest absolute Gasteiger partial charge is 0.294 e. The number of ether oxygens (including phenoxy) is 1. The number of nitrogens with zero attached hydrogens (tertiary/aromatic N) is 6. The van der Waals surface area contributed by atoms with E-state index in [-0.39, 0.29) is 29.7 Å². The lowest BCUT2D eigenvalue weighted by Crippen LogP contribution is -2.41. The number of piperidine rings is 1. The van der Waals surface area contributed by atoms with Gasteiger partial charge in [0.15, 0.2) is 11.3 Å². The lowest BCUT2D eigenvalue weighted by atomic mass is 9.79. The topological polar surface area (TPSA) is 214 Å². The molecule has 1 fully saturated rings. The maximum atomic E-state index is 13.8. The molecule has 0 aliphatic carbocycles. The van der Waals surface area contributed by atoms with Crippen molar-refractivity contribution in [1.82, 2.24) is 23.9 Å². The highest BCUT2D eigenvalue weighted by Crippen LogP contribution is 2.36. The molecule has 1 N–H and O–H groups in total. The summed E-state index contributed by atoms with van der Waals surface area (Å²) in [7, 11) is -3.99. The highest BCUT2D eigenvalue weighted by Gasteiger charge is 2.36. The van der Waals surface area contributed by atoms with Gasteiger partial charge in [0.05, 0.1) is 22.8 Å². The van der Waals surface area contributed by atoms with E-state index in [1.165, 1.54) is 27.0 Å². The Morgan fingerprint density at radius 1 is 1.11 bits per heavy atom. The third-order valence-electron chi connectivity index (χ3n) is 7.75. The van der Waals surface area contributed by atoms with Crippen LogP contribution >= 0.6 is 0 Å². The largest absolute Gasteiger partial charge is 0.493 e. The van der Waals surface area contributed by atoms with Crippen molar-refractivity contribution < 1.29 is 33.0 Å². The minimum absolute atomic E-state index is 0.0126. The summed E-state index contributed by atoms with van der Waals surface area (Å²) in [6.07, 6.45) is 2.52. The summed E-state index contributed by atoms with van der Waals surface area (Å²) in [5.41, 5.74) is -0.291. The van der Waals surface area contributed by atoms with Crippen LogP contribution in [-0.2, 0) is 26.1 Å². The molecule has 18 heteroatoms. The van der Waals surface area contributed by atoms with Crippen molar-refractivity contribution in [2.24, 2.45) is 11.3 Å². The fraction of sp³-hybridized carbons (Fsp3) is 0.593. The van der Waals surface area contributed by atoms with Crippen LogP contribution in [0.1, 0.15) is 58.0 Å². The normalized spacial score (nSPS) is 14.8. The third-order valence-corrected chi connectivity index (χ3v) is 9.65. The van der Waals surface area contributed by atoms with Gasteiger partial charge in [-0.05, 0) is 63.6 Å². The first-order valence-electron chi connectivity index (χ1n) is 14.6. The Hall–Kier alpha value is -4.32. The van der Waals surface area contributed by atoms with E-state index in [1.54, 1.807) is 20.8 Å². The monoisotopic (exact) mass is 651 g/mol. The van der Waals surface area contributed by atoms with Crippen molar-refractivity contribution in [3.8, 4) is 17.1 Å². The van der Waals surface area contributed by atoms with Gasteiger partial charge in [-0.2, -0.15) is 4.31 Å².